The lowest BCUT2D eigenvalue weighted by Gasteiger charge is -2.33. The van der Waals surface area contributed by atoms with Gasteiger partial charge in [-0.2, -0.15) is 5.10 Å². The number of rotatable bonds is 7. The molecular formula is C28H31N5O. The summed E-state index contributed by atoms with van der Waals surface area (Å²) in [7, 11) is 0. The Balaban J connectivity index is 1.39. The molecule has 6 nitrogen and oxygen atoms in total. The van der Waals surface area contributed by atoms with Crippen molar-refractivity contribution in [2.24, 2.45) is 0 Å². The van der Waals surface area contributed by atoms with E-state index < -0.39 is 0 Å². The highest BCUT2D eigenvalue weighted by molar-refractivity contribution is 5.94. The molecule has 0 bridgehead atoms. The van der Waals surface area contributed by atoms with Crippen molar-refractivity contribution in [1.29, 1.82) is 0 Å². The van der Waals surface area contributed by atoms with Crippen LogP contribution in [0.25, 0.3) is 28.2 Å². The quantitative estimate of drug-likeness (QED) is 0.398. The third kappa shape index (κ3) is 4.87. The van der Waals surface area contributed by atoms with Crippen LogP contribution in [-0.4, -0.2) is 51.1 Å². The van der Waals surface area contributed by atoms with Gasteiger partial charge >= 0.3 is 0 Å². The topological polar surface area (TPSA) is 62.5 Å². The zero-order chi connectivity index (χ0) is 23.3. The summed E-state index contributed by atoms with van der Waals surface area (Å²) in [6.07, 6.45) is 4.80. The van der Waals surface area contributed by atoms with Crippen LogP contribution < -0.4 is 5.32 Å². The third-order valence-corrected chi connectivity index (χ3v) is 6.65. The molecule has 1 saturated heterocycles. The molecule has 1 amide bonds. The van der Waals surface area contributed by atoms with Crippen molar-refractivity contribution in [3.63, 3.8) is 0 Å². The maximum Gasteiger partial charge on any atom is 0.270 e. The first-order valence-electron chi connectivity index (χ1n) is 12.2. The minimum absolute atomic E-state index is 0.126. The highest BCUT2D eigenvalue weighted by Gasteiger charge is 2.19. The van der Waals surface area contributed by atoms with Crippen LogP contribution in [0.2, 0.25) is 0 Å². The van der Waals surface area contributed by atoms with E-state index in [2.05, 4.69) is 17.1 Å². The molecule has 5 rings (SSSR count). The molecule has 34 heavy (non-hydrogen) atoms. The Hall–Kier alpha value is -3.51. The molecule has 174 valence electrons. The number of carbonyl (C=O) groups excluding carboxylic acids is 1. The predicted molar refractivity (Wildman–Crippen MR) is 136 cm³/mol. The fourth-order valence-corrected chi connectivity index (χ4v) is 4.71. The molecule has 2 aromatic heterocycles. The van der Waals surface area contributed by atoms with E-state index in [9.17, 15) is 4.79 Å². The number of hydrogen-bond acceptors (Lipinski definition) is 4. The highest BCUT2D eigenvalue weighted by atomic mass is 16.2. The summed E-state index contributed by atoms with van der Waals surface area (Å²) in [5, 5.41) is 7.85. The second kappa shape index (κ2) is 10.2. The van der Waals surface area contributed by atoms with Crippen molar-refractivity contribution < 1.29 is 4.79 Å². The van der Waals surface area contributed by atoms with Crippen LogP contribution in [-0.2, 0) is 0 Å². The lowest BCUT2D eigenvalue weighted by atomic mass is 10.0. The van der Waals surface area contributed by atoms with Gasteiger partial charge in [0, 0.05) is 36.3 Å². The van der Waals surface area contributed by atoms with Crippen LogP contribution >= 0.6 is 0 Å². The van der Waals surface area contributed by atoms with Gasteiger partial charge in [-0.25, -0.2) is 9.50 Å². The largest absolute Gasteiger partial charge is 0.351 e. The summed E-state index contributed by atoms with van der Waals surface area (Å²) in [5.74, 6) is -0.126. The van der Waals surface area contributed by atoms with Crippen molar-refractivity contribution in [3.8, 4) is 22.5 Å². The molecule has 2 aromatic carbocycles. The van der Waals surface area contributed by atoms with E-state index >= 15 is 0 Å². The second-order valence-electron chi connectivity index (χ2n) is 9.05. The van der Waals surface area contributed by atoms with E-state index in [1.807, 2.05) is 72.8 Å². The Kier molecular flexibility index (Phi) is 6.67. The second-order valence-corrected chi connectivity index (χ2v) is 9.05. The van der Waals surface area contributed by atoms with E-state index in [0.29, 0.717) is 23.9 Å². The number of amides is 1. The van der Waals surface area contributed by atoms with E-state index in [0.717, 1.165) is 42.0 Å². The third-order valence-electron chi connectivity index (χ3n) is 6.65. The summed E-state index contributed by atoms with van der Waals surface area (Å²) in [6, 6.07) is 24.4. The molecule has 1 aliphatic rings. The Morgan fingerprint density at radius 2 is 1.68 bits per heavy atom. The lowest BCUT2D eigenvalue weighted by molar-refractivity contribution is 0.0941. The molecule has 1 atom stereocenters. The Morgan fingerprint density at radius 1 is 0.971 bits per heavy atom. The normalized spacial score (nSPS) is 16.6. The number of hydrogen-bond donors (Lipinski definition) is 1. The molecule has 1 unspecified atom stereocenters. The predicted octanol–water partition coefficient (Wildman–Crippen LogP) is 5.06. The van der Waals surface area contributed by atoms with Crippen LogP contribution in [0.1, 0.15) is 43.1 Å². The van der Waals surface area contributed by atoms with Gasteiger partial charge in [0.1, 0.15) is 5.69 Å². The zero-order valence-corrected chi connectivity index (χ0v) is 19.7. The number of nitrogens with zero attached hydrogens (tertiary/aromatic N) is 4. The molecule has 0 aliphatic carbocycles. The molecule has 0 radical (unpaired) electrons. The van der Waals surface area contributed by atoms with E-state index in [4.69, 9.17) is 10.1 Å². The van der Waals surface area contributed by atoms with Crippen molar-refractivity contribution in [1.82, 2.24) is 24.8 Å². The fourth-order valence-electron chi connectivity index (χ4n) is 4.71. The monoisotopic (exact) mass is 453 g/mol. The van der Waals surface area contributed by atoms with Gasteiger partial charge < -0.3 is 10.2 Å². The summed E-state index contributed by atoms with van der Waals surface area (Å²) < 4.78 is 1.66. The first-order valence-corrected chi connectivity index (χ1v) is 12.2. The van der Waals surface area contributed by atoms with Gasteiger partial charge in [0.05, 0.1) is 11.4 Å². The van der Waals surface area contributed by atoms with Crippen molar-refractivity contribution in [2.45, 2.75) is 38.6 Å². The summed E-state index contributed by atoms with van der Waals surface area (Å²) >= 11 is 0. The minimum Gasteiger partial charge on any atom is -0.351 e. The van der Waals surface area contributed by atoms with Gasteiger partial charge in [-0.15, -0.1) is 0 Å². The number of piperidine rings is 1. The van der Waals surface area contributed by atoms with Crippen LogP contribution in [0.5, 0.6) is 0 Å². The van der Waals surface area contributed by atoms with Crippen molar-refractivity contribution in [2.75, 3.05) is 19.6 Å². The molecule has 1 aliphatic heterocycles. The van der Waals surface area contributed by atoms with E-state index in [1.54, 1.807) is 4.52 Å². The number of likely N-dealkylation sites (tertiary alicyclic amines) is 1. The van der Waals surface area contributed by atoms with Gasteiger partial charge in [-0.1, -0.05) is 67.1 Å². The van der Waals surface area contributed by atoms with Gasteiger partial charge in [0.25, 0.3) is 5.91 Å². The van der Waals surface area contributed by atoms with Gasteiger partial charge in [-0.3, -0.25) is 4.79 Å². The summed E-state index contributed by atoms with van der Waals surface area (Å²) in [5.41, 5.74) is 4.69. The summed E-state index contributed by atoms with van der Waals surface area (Å²) in [4.78, 5) is 20.6. The van der Waals surface area contributed by atoms with Crippen LogP contribution in [0, 0.1) is 0 Å². The first-order chi connectivity index (χ1) is 16.7. The number of benzene rings is 2. The maximum atomic E-state index is 13.3. The van der Waals surface area contributed by atoms with Crippen molar-refractivity contribution in [3.05, 3.63) is 78.5 Å². The number of fused-ring (bicyclic) bond motifs is 1. The Labute approximate surface area is 200 Å². The molecule has 1 N–H and O–H groups in total. The molecule has 0 spiro atoms. The number of carbonyl (C=O) groups is 1. The van der Waals surface area contributed by atoms with Crippen LogP contribution in [0.3, 0.4) is 0 Å². The number of nitrogens with one attached hydrogen (secondary N) is 1. The lowest BCUT2D eigenvalue weighted by Crippen LogP contribution is -2.39. The smallest absolute Gasteiger partial charge is 0.270 e. The molecule has 1 fully saturated rings. The van der Waals surface area contributed by atoms with E-state index in [-0.39, 0.29) is 5.91 Å². The first kappa shape index (κ1) is 22.3. The molecule has 0 saturated carbocycles. The van der Waals surface area contributed by atoms with Crippen molar-refractivity contribution >= 4 is 11.6 Å². The average Bonchev–Trinajstić information content (AvgIpc) is 3.32. The maximum absolute atomic E-state index is 13.3. The van der Waals surface area contributed by atoms with Gasteiger partial charge in [0.15, 0.2) is 5.65 Å². The number of aromatic nitrogens is 3. The zero-order valence-electron chi connectivity index (χ0n) is 19.7. The van der Waals surface area contributed by atoms with Gasteiger partial charge in [-0.05, 0) is 38.8 Å². The Morgan fingerprint density at radius 3 is 2.38 bits per heavy atom. The highest BCUT2D eigenvalue weighted by Crippen LogP contribution is 2.24. The standard InChI is InChI=1S/C28H31N5O/c1-21-11-8-9-17-32(21)18-10-16-29-28(34)26-19-24(22-12-4-2-5-13-22)30-27-20-25(31-33(26)27)23-14-6-3-7-15-23/h2-7,12-15,19-21H,8-11,16-18H2,1H3,(H,29,34). The fraction of sp³-hybridized carbons (Fsp3) is 0.321. The Bertz CT molecular complexity index is 1250. The minimum atomic E-state index is -0.126. The molecule has 3 heterocycles. The molecule has 6 heteroatoms. The average molecular weight is 454 g/mol. The SMILES string of the molecule is CC1CCCCN1CCCNC(=O)c1cc(-c2ccccc2)nc2cc(-c3ccccc3)nn12. The van der Waals surface area contributed by atoms with Crippen LogP contribution in [0.15, 0.2) is 72.8 Å². The van der Waals surface area contributed by atoms with E-state index in [1.165, 1.54) is 19.3 Å². The van der Waals surface area contributed by atoms with Gasteiger partial charge in [0.2, 0.25) is 0 Å². The summed E-state index contributed by atoms with van der Waals surface area (Å²) in [6.45, 7) is 5.12. The molecular weight excluding hydrogens is 422 g/mol. The molecule has 4 aromatic rings. The van der Waals surface area contributed by atoms with Crippen LogP contribution in [0.4, 0.5) is 0 Å².